The van der Waals surface area contributed by atoms with Gasteiger partial charge in [0, 0.05) is 5.92 Å². The number of carbonyl (C=O) groups is 2. The monoisotopic (exact) mass is 488 g/mol. The minimum absolute atomic E-state index is 0.0720. The molecule has 194 valence electrons. The Bertz CT molecular complexity index is 1080. The van der Waals surface area contributed by atoms with Crippen molar-refractivity contribution < 1.29 is 9.59 Å². The number of hydrogen-bond donors (Lipinski definition) is 0. The fourth-order valence-electron chi connectivity index (χ4n) is 6.74. The Morgan fingerprint density at radius 1 is 0.722 bits per heavy atom. The largest absolute Gasteiger partial charge is 0.286 e. The number of rotatable bonds is 7. The molecular weight excluding hydrogens is 444 g/mol. The molecule has 2 aromatic carbocycles. The molecule has 1 aliphatic heterocycles. The molecule has 1 atom stereocenters. The Morgan fingerprint density at radius 3 is 1.53 bits per heavy atom. The number of unbranched alkanes of at least 4 members (excludes halogenated alkanes) is 3. The molecule has 2 fully saturated rings. The highest BCUT2D eigenvalue weighted by molar-refractivity contribution is 6.22. The summed E-state index contributed by atoms with van der Waals surface area (Å²) in [5.41, 5.74) is 6.94. The minimum atomic E-state index is -1.14. The average molecular weight is 489 g/mol. The lowest BCUT2D eigenvalue weighted by atomic mass is 9.83. The van der Waals surface area contributed by atoms with Gasteiger partial charge < -0.3 is 0 Å². The molecule has 2 amide bonds. The second-order valence-electron chi connectivity index (χ2n) is 12.0. The van der Waals surface area contributed by atoms with E-state index in [0.717, 1.165) is 52.9 Å². The molecule has 4 rings (SSSR count). The van der Waals surface area contributed by atoms with Crippen LogP contribution in [-0.2, 0) is 9.59 Å². The smallest absolute Gasteiger partial charge is 0.244 e. The van der Waals surface area contributed by atoms with E-state index in [0.29, 0.717) is 0 Å². The van der Waals surface area contributed by atoms with Crippen molar-refractivity contribution in [3.8, 4) is 0 Å². The lowest BCUT2D eigenvalue weighted by Gasteiger charge is -2.52. The second-order valence-corrected chi connectivity index (χ2v) is 12.0. The normalized spacial score (nSPS) is 20.4. The summed E-state index contributed by atoms with van der Waals surface area (Å²) in [4.78, 5) is 32.7. The summed E-state index contributed by atoms with van der Waals surface area (Å²) in [5, 5.41) is 0. The van der Waals surface area contributed by atoms with Crippen LogP contribution in [0.15, 0.2) is 24.3 Å². The van der Waals surface area contributed by atoms with Crippen molar-refractivity contribution in [2.45, 2.75) is 107 Å². The van der Waals surface area contributed by atoms with Gasteiger partial charge in [0.15, 0.2) is 0 Å². The molecule has 36 heavy (non-hydrogen) atoms. The van der Waals surface area contributed by atoms with Gasteiger partial charge in [-0.3, -0.25) is 19.4 Å². The van der Waals surface area contributed by atoms with Crippen LogP contribution in [0.2, 0.25) is 0 Å². The van der Waals surface area contributed by atoms with E-state index >= 15 is 0 Å². The summed E-state index contributed by atoms with van der Waals surface area (Å²) < 4.78 is 0. The zero-order valence-electron chi connectivity index (χ0n) is 23.8. The van der Waals surface area contributed by atoms with E-state index < -0.39 is 11.1 Å². The molecule has 1 heterocycles. The molecule has 4 nitrogen and oxygen atoms in total. The van der Waals surface area contributed by atoms with Crippen LogP contribution in [-0.4, -0.2) is 17.5 Å². The molecule has 2 aromatic rings. The molecular formula is C32H44N2O2. The number of aryl methyl sites for hydroxylation is 6. The minimum Gasteiger partial charge on any atom is -0.286 e. The summed E-state index contributed by atoms with van der Waals surface area (Å²) in [7, 11) is 0. The predicted octanol–water partition coefficient (Wildman–Crippen LogP) is 7.63. The first kappa shape index (κ1) is 26.4. The zero-order chi connectivity index (χ0) is 26.6. The Morgan fingerprint density at radius 2 is 1.14 bits per heavy atom. The van der Waals surface area contributed by atoms with E-state index in [4.69, 9.17) is 0 Å². The summed E-state index contributed by atoms with van der Waals surface area (Å²) in [6, 6.07) is 8.66. The Labute approximate surface area is 218 Å². The topological polar surface area (TPSA) is 40.6 Å². The van der Waals surface area contributed by atoms with Gasteiger partial charge in [-0.25, -0.2) is 0 Å². The summed E-state index contributed by atoms with van der Waals surface area (Å²) in [6.07, 6.45) is 6.61. The quantitative estimate of drug-likeness (QED) is 0.297. The van der Waals surface area contributed by atoms with Crippen LogP contribution in [0, 0.1) is 52.9 Å². The average Bonchev–Trinajstić information content (AvgIpc) is 3.48. The number of nitrogens with zero attached hydrogens (tertiary/aromatic N) is 2. The first-order valence-corrected chi connectivity index (χ1v) is 13.7. The lowest BCUT2D eigenvalue weighted by Crippen LogP contribution is -2.70. The number of anilines is 2. The molecule has 1 unspecified atom stereocenters. The van der Waals surface area contributed by atoms with E-state index in [2.05, 4.69) is 82.5 Å². The van der Waals surface area contributed by atoms with Crippen molar-refractivity contribution in [2.75, 3.05) is 9.80 Å². The first-order valence-electron chi connectivity index (χ1n) is 13.7. The second kappa shape index (κ2) is 9.36. The third-order valence-electron chi connectivity index (χ3n) is 8.41. The van der Waals surface area contributed by atoms with Crippen molar-refractivity contribution in [1.82, 2.24) is 0 Å². The van der Waals surface area contributed by atoms with Crippen LogP contribution >= 0.6 is 0 Å². The highest BCUT2D eigenvalue weighted by atomic mass is 16.2. The SMILES string of the molecule is CCCCCCC1CC12N(c1c(C)cc(C)cc1C)C(=O)C(C)(C)C(=O)N2c1c(C)cc(C)cc1C. The van der Waals surface area contributed by atoms with Gasteiger partial charge in [0.2, 0.25) is 11.8 Å². The maximum absolute atomic E-state index is 14.3. The lowest BCUT2D eigenvalue weighted by molar-refractivity contribution is -0.142. The van der Waals surface area contributed by atoms with Crippen LogP contribution in [0.25, 0.3) is 0 Å². The molecule has 0 N–H and O–H groups in total. The molecule has 1 aliphatic carbocycles. The van der Waals surface area contributed by atoms with Gasteiger partial charge in [-0.05, 0) is 90.5 Å². The van der Waals surface area contributed by atoms with Gasteiger partial charge in [0.05, 0.1) is 11.4 Å². The van der Waals surface area contributed by atoms with Crippen molar-refractivity contribution in [1.29, 1.82) is 0 Å². The Balaban J connectivity index is 1.95. The zero-order valence-corrected chi connectivity index (χ0v) is 23.8. The molecule has 4 heteroatoms. The highest BCUT2D eigenvalue weighted by Crippen LogP contribution is 2.61. The van der Waals surface area contributed by atoms with Gasteiger partial charge in [0.25, 0.3) is 0 Å². The molecule has 0 bridgehead atoms. The fourth-order valence-corrected chi connectivity index (χ4v) is 6.74. The standard InChI is InChI=1S/C32H44N2O2/c1-10-11-12-13-14-26-19-32(26)33(27-22(4)15-20(2)16-23(27)5)29(35)31(8,9)30(36)34(32)28-24(6)17-21(3)18-25(28)7/h15-18,26H,10-14,19H2,1-9H3. The molecule has 1 spiro atoms. The fraction of sp³-hybridized carbons (Fsp3) is 0.562. The van der Waals surface area contributed by atoms with Gasteiger partial charge in [0.1, 0.15) is 11.1 Å². The molecule has 1 saturated heterocycles. The van der Waals surface area contributed by atoms with Crippen LogP contribution in [0.4, 0.5) is 11.4 Å². The van der Waals surface area contributed by atoms with Gasteiger partial charge >= 0.3 is 0 Å². The third kappa shape index (κ3) is 4.07. The van der Waals surface area contributed by atoms with Crippen molar-refractivity contribution in [3.05, 3.63) is 57.6 Å². The summed E-state index contributed by atoms with van der Waals surface area (Å²) in [6.45, 7) is 18.5. The molecule has 0 aromatic heterocycles. The van der Waals surface area contributed by atoms with Crippen LogP contribution < -0.4 is 9.80 Å². The van der Waals surface area contributed by atoms with E-state index in [1.807, 2.05) is 0 Å². The van der Waals surface area contributed by atoms with Gasteiger partial charge in [-0.1, -0.05) is 68.0 Å². The van der Waals surface area contributed by atoms with Gasteiger partial charge in [-0.2, -0.15) is 0 Å². The molecule has 1 saturated carbocycles. The maximum Gasteiger partial charge on any atom is 0.244 e. The maximum atomic E-state index is 14.3. The highest BCUT2D eigenvalue weighted by Gasteiger charge is 2.71. The predicted molar refractivity (Wildman–Crippen MR) is 150 cm³/mol. The van der Waals surface area contributed by atoms with E-state index in [1.165, 1.54) is 30.4 Å². The van der Waals surface area contributed by atoms with Crippen molar-refractivity contribution in [3.63, 3.8) is 0 Å². The van der Waals surface area contributed by atoms with Gasteiger partial charge in [-0.15, -0.1) is 0 Å². The molecule has 0 radical (unpaired) electrons. The van der Waals surface area contributed by atoms with Crippen LogP contribution in [0.3, 0.4) is 0 Å². The van der Waals surface area contributed by atoms with E-state index in [-0.39, 0.29) is 17.7 Å². The number of carbonyl (C=O) groups excluding carboxylic acids is 2. The molecule has 2 aliphatic rings. The van der Waals surface area contributed by atoms with E-state index in [9.17, 15) is 9.59 Å². The number of amides is 2. The number of hydrogen-bond acceptors (Lipinski definition) is 2. The van der Waals surface area contributed by atoms with Crippen LogP contribution in [0.1, 0.15) is 92.7 Å². The number of benzene rings is 2. The first-order chi connectivity index (χ1) is 16.9. The Kier molecular flexibility index (Phi) is 6.87. The van der Waals surface area contributed by atoms with Crippen molar-refractivity contribution in [2.24, 2.45) is 11.3 Å². The van der Waals surface area contributed by atoms with E-state index in [1.54, 1.807) is 13.8 Å². The third-order valence-corrected chi connectivity index (χ3v) is 8.41. The Hall–Kier alpha value is -2.62. The summed E-state index contributed by atoms with van der Waals surface area (Å²) >= 11 is 0. The van der Waals surface area contributed by atoms with Crippen LogP contribution in [0.5, 0.6) is 0 Å². The van der Waals surface area contributed by atoms with Crippen molar-refractivity contribution >= 4 is 23.2 Å². The summed E-state index contributed by atoms with van der Waals surface area (Å²) in [5.74, 6) is 0.119.